The topological polar surface area (TPSA) is 78.3 Å². The Morgan fingerprint density at radius 1 is 1.09 bits per heavy atom. The second-order valence-electron chi connectivity index (χ2n) is 5.47. The zero-order valence-corrected chi connectivity index (χ0v) is 12.4. The number of aromatic hydroxyl groups is 2. The lowest BCUT2D eigenvalue weighted by Gasteiger charge is -2.10. The van der Waals surface area contributed by atoms with Crippen LogP contribution in [0.2, 0.25) is 0 Å². The zero-order valence-electron chi connectivity index (χ0n) is 12.4. The molecule has 3 N–H and O–H groups in total. The number of phenols is 2. The molecule has 0 amide bonds. The van der Waals surface area contributed by atoms with E-state index in [9.17, 15) is 10.2 Å². The highest BCUT2D eigenvalue weighted by Crippen LogP contribution is 2.34. The lowest BCUT2D eigenvalue weighted by molar-refractivity contribution is 0.474. The third-order valence-electron chi connectivity index (χ3n) is 3.27. The van der Waals surface area contributed by atoms with E-state index in [2.05, 4.69) is 15.3 Å². The Bertz CT molecular complexity index is 831. The summed E-state index contributed by atoms with van der Waals surface area (Å²) in [6.07, 6.45) is 1.72. The summed E-state index contributed by atoms with van der Waals surface area (Å²) in [4.78, 5) is 8.67. The molecule has 2 aromatic carbocycles. The van der Waals surface area contributed by atoms with Crippen LogP contribution in [0.25, 0.3) is 22.0 Å². The van der Waals surface area contributed by atoms with Crippen LogP contribution in [0, 0.1) is 0 Å². The van der Waals surface area contributed by atoms with Gasteiger partial charge in [-0.05, 0) is 37.6 Å². The van der Waals surface area contributed by atoms with Crippen molar-refractivity contribution in [1.29, 1.82) is 0 Å². The Balaban J connectivity index is 2.09. The molecule has 0 atom stereocenters. The van der Waals surface area contributed by atoms with Crippen LogP contribution in [0.1, 0.15) is 13.8 Å². The zero-order chi connectivity index (χ0) is 15.7. The van der Waals surface area contributed by atoms with Crippen LogP contribution in [0.3, 0.4) is 0 Å². The third kappa shape index (κ3) is 2.79. The van der Waals surface area contributed by atoms with Gasteiger partial charge < -0.3 is 15.5 Å². The predicted octanol–water partition coefficient (Wildman–Crippen LogP) is 3.53. The molecule has 22 heavy (non-hydrogen) atoms. The maximum absolute atomic E-state index is 10.3. The van der Waals surface area contributed by atoms with Crippen LogP contribution in [-0.4, -0.2) is 26.2 Å². The molecular weight excluding hydrogens is 278 g/mol. The minimum atomic E-state index is 0.118. The van der Waals surface area contributed by atoms with Crippen molar-refractivity contribution in [1.82, 2.24) is 9.97 Å². The second kappa shape index (κ2) is 5.52. The van der Waals surface area contributed by atoms with Gasteiger partial charge in [0.1, 0.15) is 11.5 Å². The SMILES string of the molecule is CC(C)Nc1ncc2cc(-c3cccc(O)c3)c(O)cc2n1. The number of rotatable bonds is 3. The van der Waals surface area contributed by atoms with E-state index in [0.29, 0.717) is 17.0 Å². The summed E-state index contributed by atoms with van der Waals surface area (Å²) in [5.41, 5.74) is 2.04. The molecule has 0 aliphatic carbocycles. The van der Waals surface area contributed by atoms with Crippen molar-refractivity contribution in [2.24, 2.45) is 0 Å². The van der Waals surface area contributed by atoms with Gasteiger partial charge in [-0.2, -0.15) is 0 Å². The summed E-state index contributed by atoms with van der Waals surface area (Å²) >= 11 is 0. The first kappa shape index (κ1) is 14.1. The average molecular weight is 295 g/mol. The van der Waals surface area contributed by atoms with Crippen molar-refractivity contribution < 1.29 is 10.2 Å². The predicted molar refractivity (Wildman–Crippen MR) is 87.1 cm³/mol. The van der Waals surface area contributed by atoms with Gasteiger partial charge >= 0.3 is 0 Å². The Labute approximate surface area is 128 Å². The van der Waals surface area contributed by atoms with Crippen LogP contribution in [0.4, 0.5) is 5.95 Å². The van der Waals surface area contributed by atoms with Crippen molar-refractivity contribution in [3.8, 4) is 22.6 Å². The van der Waals surface area contributed by atoms with Crippen LogP contribution >= 0.6 is 0 Å². The molecule has 112 valence electrons. The molecule has 5 heteroatoms. The van der Waals surface area contributed by atoms with Crippen LogP contribution < -0.4 is 5.32 Å². The molecule has 5 nitrogen and oxygen atoms in total. The van der Waals surface area contributed by atoms with Gasteiger partial charge in [0.15, 0.2) is 0 Å². The van der Waals surface area contributed by atoms with Crippen molar-refractivity contribution in [2.45, 2.75) is 19.9 Å². The quantitative estimate of drug-likeness (QED) is 0.689. The fourth-order valence-corrected chi connectivity index (χ4v) is 2.30. The summed E-state index contributed by atoms with van der Waals surface area (Å²) in [6, 6.07) is 10.4. The number of hydrogen-bond donors (Lipinski definition) is 3. The van der Waals surface area contributed by atoms with E-state index < -0.39 is 0 Å². The number of aromatic nitrogens is 2. The molecule has 1 aromatic heterocycles. The Kier molecular flexibility index (Phi) is 3.55. The van der Waals surface area contributed by atoms with Gasteiger partial charge in [-0.1, -0.05) is 12.1 Å². The molecule has 0 saturated heterocycles. The molecular formula is C17H17N3O2. The highest BCUT2D eigenvalue weighted by Gasteiger charge is 2.09. The minimum Gasteiger partial charge on any atom is -0.508 e. The standard InChI is InChI=1S/C17H17N3O2/c1-10(2)19-17-18-9-12-7-14(16(22)8-15(12)20-17)11-4-3-5-13(21)6-11/h3-10,21-22H,1-2H3,(H,18,19,20). The van der Waals surface area contributed by atoms with Crippen molar-refractivity contribution in [3.05, 3.63) is 42.6 Å². The number of phenolic OH excluding ortho intramolecular Hbond substituents is 2. The number of fused-ring (bicyclic) bond motifs is 1. The van der Waals surface area contributed by atoms with E-state index >= 15 is 0 Å². The van der Waals surface area contributed by atoms with Gasteiger partial charge in [-0.25, -0.2) is 9.97 Å². The lowest BCUT2D eigenvalue weighted by Crippen LogP contribution is -2.12. The summed E-state index contributed by atoms with van der Waals surface area (Å²) < 4.78 is 0. The monoisotopic (exact) mass is 295 g/mol. The first-order chi connectivity index (χ1) is 10.5. The molecule has 0 aliphatic rings. The molecule has 0 bridgehead atoms. The van der Waals surface area contributed by atoms with Gasteiger partial charge in [-0.15, -0.1) is 0 Å². The summed E-state index contributed by atoms with van der Waals surface area (Å²) in [6.45, 7) is 4.02. The molecule has 0 saturated carbocycles. The number of anilines is 1. The van der Waals surface area contributed by atoms with E-state index in [-0.39, 0.29) is 17.5 Å². The molecule has 0 unspecified atom stereocenters. The van der Waals surface area contributed by atoms with Gasteiger partial charge in [0.25, 0.3) is 0 Å². The van der Waals surface area contributed by atoms with E-state index in [0.717, 1.165) is 10.9 Å². The molecule has 0 spiro atoms. The molecule has 3 aromatic rings. The normalized spacial score (nSPS) is 11.0. The Morgan fingerprint density at radius 2 is 1.91 bits per heavy atom. The molecule has 3 rings (SSSR count). The maximum Gasteiger partial charge on any atom is 0.223 e. The smallest absolute Gasteiger partial charge is 0.223 e. The summed E-state index contributed by atoms with van der Waals surface area (Å²) in [5.74, 6) is 0.809. The first-order valence-corrected chi connectivity index (χ1v) is 7.08. The number of hydrogen-bond acceptors (Lipinski definition) is 5. The summed E-state index contributed by atoms with van der Waals surface area (Å²) in [7, 11) is 0. The molecule has 1 heterocycles. The number of nitrogens with zero attached hydrogens (tertiary/aromatic N) is 2. The molecule has 0 radical (unpaired) electrons. The van der Waals surface area contributed by atoms with Gasteiger partial charge in [0.05, 0.1) is 5.52 Å². The van der Waals surface area contributed by atoms with Gasteiger partial charge in [0.2, 0.25) is 5.95 Å². The highest BCUT2D eigenvalue weighted by molar-refractivity contribution is 5.88. The first-order valence-electron chi connectivity index (χ1n) is 7.08. The van der Waals surface area contributed by atoms with Gasteiger partial charge in [0, 0.05) is 29.3 Å². The maximum atomic E-state index is 10.3. The van der Waals surface area contributed by atoms with Gasteiger partial charge in [-0.3, -0.25) is 0 Å². The fourth-order valence-electron chi connectivity index (χ4n) is 2.30. The van der Waals surface area contributed by atoms with E-state index in [1.807, 2.05) is 26.0 Å². The molecule has 0 aliphatic heterocycles. The van der Waals surface area contributed by atoms with E-state index in [1.165, 1.54) is 0 Å². The Morgan fingerprint density at radius 3 is 2.64 bits per heavy atom. The number of benzene rings is 2. The van der Waals surface area contributed by atoms with Crippen molar-refractivity contribution in [2.75, 3.05) is 5.32 Å². The van der Waals surface area contributed by atoms with Crippen LogP contribution in [-0.2, 0) is 0 Å². The third-order valence-corrected chi connectivity index (χ3v) is 3.27. The van der Waals surface area contributed by atoms with E-state index in [1.54, 1.807) is 30.5 Å². The van der Waals surface area contributed by atoms with Crippen LogP contribution in [0.5, 0.6) is 11.5 Å². The minimum absolute atomic E-state index is 0.118. The second-order valence-corrected chi connectivity index (χ2v) is 5.47. The van der Waals surface area contributed by atoms with Crippen molar-refractivity contribution >= 4 is 16.9 Å². The number of nitrogens with one attached hydrogen (secondary N) is 1. The van der Waals surface area contributed by atoms with E-state index in [4.69, 9.17) is 0 Å². The Hall–Kier alpha value is -2.82. The fraction of sp³-hybridized carbons (Fsp3) is 0.176. The van der Waals surface area contributed by atoms with Crippen molar-refractivity contribution in [3.63, 3.8) is 0 Å². The van der Waals surface area contributed by atoms with Crippen LogP contribution in [0.15, 0.2) is 42.6 Å². The summed E-state index contributed by atoms with van der Waals surface area (Å²) in [5, 5.41) is 23.8. The average Bonchev–Trinajstić information content (AvgIpc) is 2.45. The highest BCUT2D eigenvalue weighted by atomic mass is 16.3. The molecule has 0 fully saturated rings. The lowest BCUT2D eigenvalue weighted by atomic mass is 10.0. The largest absolute Gasteiger partial charge is 0.508 e.